The molecule has 2 saturated heterocycles. The van der Waals surface area contributed by atoms with E-state index in [1.165, 1.54) is 0 Å². The third-order valence-corrected chi connectivity index (χ3v) is 5.98. The second-order valence-corrected chi connectivity index (χ2v) is 7.47. The van der Waals surface area contributed by atoms with Crippen LogP contribution in [0.15, 0.2) is 0 Å². The molecule has 2 aliphatic carbocycles. The molecular weight excluding hydrogens is 284 g/mol. The second kappa shape index (κ2) is 5.68. The van der Waals surface area contributed by atoms with E-state index in [4.69, 9.17) is 18.9 Å². The molecule has 0 aromatic rings. The van der Waals surface area contributed by atoms with Crippen molar-refractivity contribution in [2.75, 3.05) is 0 Å². The van der Waals surface area contributed by atoms with Crippen molar-refractivity contribution in [3.05, 3.63) is 0 Å². The summed E-state index contributed by atoms with van der Waals surface area (Å²) in [4.78, 5) is 12.0. The second-order valence-electron chi connectivity index (χ2n) is 7.47. The van der Waals surface area contributed by atoms with Crippen molar-refractivity contribution in [2.45, 2.75) is 89.0 Å². The summed E-state index contributed by atoms with van der Waals surface area (Å²) in [5.41, 5.74) is 0. The molecule has 4 aliphatic rings. The molecule has 0 spiro atoms. The molecule has 2 heterocycles. The minimum absolute atomic E-state index is 0.0904. The van der Waals surface area contributed by atoms with Crippen molar-refractivity contribution >= 4 is 6.16 Å². The summed E-state index contributed by atoms with van der Waals surface area (Å²) in [7, 11) is 0. The highest BCUT2D eigenvalue weighted by Gasteiger charge is 2.47. The van der Waals surface area contributed by atoms with E-state index in [9.17, 15) is 4.79 Å². The minimum atomic E-state index is -0.516. The van der Waals surface area contributed by atoms with Crippen LogP contribution in [-0.2, 0) is 18.9 Å². The standard InChI is InChI=1S/C17H26O5/c1-9(11-3-5-13-15(7-11)21-13)19-17(18)20-10(2)12-4-6-14-16(8-12)22-14/h9-16H,3-8H2,1-2H3. The van der Waals surface area contributed by atoms with Crippen molar-refractivity contribution in [2.24, 2.45) is 11.8 Å². The Bertz CT molecular complexity index is 401. The van der Waals surface area contributed by atoms with Crippen LogP contribution >= 0.6 is 0 Å². The molecule has 5 nitrogen and oxygen atoms in total. The molecular formula is C17H26O5. The van der Waals surface area contributed by atoms with Crippen LogP contribution in [0, 0.1) is 11.8 Å². The molecule has 0 aromatic heterocycles. The number of hydrogen-bond donors (Lipinski definition) is 0. The topological polar surface area (TPSA) is 60.6 Å². The Morgan fingerprint density at radius 2 is 1.27 bits per heavy atom. The zero-order valence-corrected chi connectivity index (χ0v) is 13.4. The summed E-state index contributed by atoms with van der Waals surface area (Å²) in [6.45, 7) is 3.95. The monoisotopic (exact) mass is 310 g/mol. The fraction of sp³-hybridized carbons (Fsp3) is 0.941. The third-order valence-electron chi connectivity index (χ3n) is 5.98. The Morgan fingerprint density at radius 3 is 1.68 bits per heavy atom. The van der Waals surface area contributed by atoms with Gasteiger partial charge in [0.05, 0.1) is 24.4 Å². The van der Waals surface area contributed by atoms with Crippen LogP contribution in [0.4, 0.5) is 4.79 Å². The van der Waals surface area contributed by atoms with Gasteiger partial charge in [0, 0.05) is 0 Å². The van der Waals surface area contributed by atoms with E-state index in [1.54, 1.807) is 0 Å². The molecule has 4 fully saturated rings. The average molecular weight is 310 g/mol. The molecule has 8 atom stereocenters. The van der Waals surface area contributed by atoms with Gasteiger partial charge in [-0.05, 0) is 64.2 Å². The summed E-state index contributed by atoms with van der Waals surface area (Å²) in [6, 6.07) is 0. The van der Waals surface area contributed by atoms with Gasteiger partial charge >= 0.3 is 6.16 Å². The van der Waals surface area contributed by atoms with Crippen LogP contribution in [0.3, 0.4) is 0 Å². The van der Waals surface area contributed by atoms with Gasteiger partial charge in [-0.3, -0.25) is 0 Å². The molecule has 0 radical (unpaired) electrons. The first-order valence-corrected chi connectivity index (χ1v) is 8.78. The summed E-state index contributed by atoms with van der Waals surface area (Å²) < 4.78 is 22.1. The van der Waals surface area contributed by atoms with Crippen LogP contribution in [0.2, 0.25) is 0 Å². The van der Waals surface area contributed by atoms with Gasteiger partial charge in [0.2, 0.25) is 0 Å². The largest absolute Gasteiger partial charge is 0.508 e. The lowest BCUT2D eigenvalue weighted by Crippen LogP contribution is -2.32. The van der Waals surface area contributed by atoms with Crippen LogP contribution in [0.25, 0.3) is 0 Å². The zero-order valence-electron chi connectivity index (χ0n) is 13.4. The number of rotatable bonds is 4. The zero-order chi connectivity index (χ0) is 15.3. The minimum Gasteiger partial charge on any atom is -0.431 e. The van der Waals surface area contributed by atoms with Crippen molar-refractivity contribution in [3.8, 4) is 0 Å². The number of carbonyl (C=O) groups excluding carboxylic acids is 1. The first-order chi connectivity index (χ1) is 10.6. The predicted molar refractivity (Wildman–Crippen MR) is 78.5 cm³/mol. The Kier molecular flexibility index (Phi) is 3.81. The lowest BCUT2D eigenvalue weighted by Gasteiger charge is -2.28. The van der Waals surface area contributed by atoms with Gasteiger partial charge in [-0.25, -0.2) is 4.79 Å². The van der Waals surface area contributed by atoms with Crippen LogP contribution in [0.1, 0.15) is 52.4 Å². The number of fused-ring (bicyclic) bond motifs is 2. The molecule has 8 unspecified atom stereocenters. The molecule has 4 rings (SSSR count). The maximum Gasteiger partial charge on any atom is 0.508 e. The first kappa shape index (κ1) is 14.8. The molecule has 2 aliphatic heterocycles. The van der Waals surface area contributed by atoms with E-state index in [1.807, 2.05) is 13.8 Å². The Labute approximate surface area is 131 Å². The van der Waals surface area contributed by atoms with Crippen LogP contribution < -0.4 is 0 Å². The molecule has 124 valence electrons. The quantitative estimate of drug-likeness (QED) is 0.590. The molecule has 0 N–H and O–H groups in total. The fourth-order valence-electron chi connectivity index (χ4n) is 4.25. The van der Waals surface area contributed by atoms with Gasteiger partial charge in [-0.15, -0.1) is 0 Å². The summed E-state index contributed by atoms with van der Waals surface area (Å²) in [6.07, 6.45) is 7.46. The van der Waals surface area contributed by atoms with Crippen molar-refractivity contribution in [1.29, 1.82) is 0 Å². The van der Waals surface area contributed by atoms with Gasteiger partial charge < -0.3 is 18.9 Å². The van der Waals surface area contributed by atoms with Crippen molar-refractivity contribution in [1.82, 2.24) is 0 Å². The smallest absolute Gasteiger partial charge is 0.431 e. The summed E-state index contributed by atoms with van der Waals surface area (Å²) >= 11 is 0. The fourth-order valence-corrected chi connectivity index (χ4v) is 4.25. The van der Waals surface area contributed by atoms with E-state index >= 15 is 0 Å². The number of epoxide rings is 2. The lowest BCUT2D eigenvalue weighted by atomic mass is 9.86. The first-order valence-electron chi connectivity index (χ1n) is 8.78. The molecule has 0 bridgehead atoms. The Morgan fingerprint density at radius 1 is 0.818 bits per heavy atom. The Balaban J connectivity index is 1.21. The van der Waals surface area contributed by atoms with Gasteiger partial charge in [-0.2, -0.15) is 0 Å². The van der Waals surface area contributed by atoms with Crippen LogP contribution in [-0.4, -0.2) is 42.8 Å². The highest BCUT2D eigenvalue weighted by molar-refractivity contribution is 5.60. The molecule has 2 saturated carbocycles. The van der Waals surface area contributed by atoms with E-state index in [2.05, 4.69) is 0 Å². The summed E-state index contributed by atoms with van der Waals surface area (Å²) in [5, 5.41) is 0. The number of carbonyl (C=O) groups is 1. The summed E-state index contributed by atoms with van der Waals surface area (Å²) in [5.74, 6) is 0.809. The molecule has 0 aromatic carbocycles. The highest BCUT2D eigenvalue weighted by Crippen LogP contribution is 2.42. The van der Waals surface area contributed by atoms with Gasteiger partial charge in [0.15, 0.2) is 0 Å². The predicted octanol–water partition coefficient (Wildman–Crippen LogP) is 3.05. The number of hydrogen-bond acceptors (Lipinski definition) is 5. The van der Waals surface area contributed by atoms with E-state index < -0.39 is 6.16 Å². The molecule has 22 heavy (non-hydrogen) atoms. The van der Waals surface area contributed by atoms with Gasteiger partial charge in [-0.1, -0.05) is 0 Å². The van der Waals surface area contributed by atoms with Crippen LogP contribution in [0.5, 0.6) is 0 Å². The lowest BCUT2D eigenvalue weighted by molar-refractivity contribution is -0.0284. The van der Waals surface area contributed by atoms with Gasteiger partial charge in [0.25, 0.3) is 0 Å². The van der Waals surface area contributed by atoms with E-state index in [-0.39, 0.29) is 12.2 Å². The third kappa shape index (κ3) is 3.11. The molecule has 5 heteroatoms. The van der Waals surface area contributed by atoms with Crippen molar-refractivity contribution < 1.29 is 23.7 Å². The maximum absolute atomic E-state index is 12.0. The van der Waals surface area contributed by atoms with E-state index in [0.29, 0.717) is 36.3 Å². The average Bonchev–Trinajstić information content (AvgIpc) is 3.38. The SMILES string of the molecule is CC(OC(=O)OC(C)C1CCC2OC2C1)C1CCC2OC2C1. The van der Waals surface area contributed by atoms with Crippen molar-refractivity contribution in [3.63, 3.8) is 0 Å². The molecule has 0 amide bonds. The van der Waals surface area contributed by atoms with Gasteiger partial charge in [0.1, 0.15) is 12.2 Å². The van der Waals surface area contributed by atoms with E-state index in [0.717, 1.165) is 38.5 Å². The highest BCUT2D eigenvalue weighted by atomic mass is 16.7. The number of ether oxygens (including phenoxy) is 4. The maximum atomic E-state index is 12.0. The normalized spacial score (nSPS) is 45.0. The Hall–Kier alpha value is -0.810.